The van der Waals surface area contributed by atoms with E-state index in [-0.39, 0.29) is 28.0 Å². The molecular weight excluding hydrogens is 443 g/mol. The van der Waals surface area contributed by atoms with Gasteiger partial charge in [-0.05, 0) is 0 Å². The minimum Gasteiger partial charge on any atom is -0.394 e. The highest BCUT2D eigenvalue weighted by Crippen LogP contribution is 1.96. The number of halogens is 10. The fourth-order valence-corrected chi connectivity index (χ4v) is 0. The first kappa shape index (κ1) is 32.0. The minimum absolute atomic E-state index is 0.164. The van der Waals surface area contributed by atoms with Crippen molar-refractivity contribution in [3.05, 3.63) is 0 Å². The Hall–Kier alpha value is 2.86. The molecule has 0 spiro atoms. The van der Waals surface area contributed by atoms with Crippen LogP contribution < -0.4 is 0 Å². The van der Waals surface area contributed by atoms with E-state index in [2.05, 4.69) is 0 Å². The average molecular weight is 455 g/mol. The molecule has 112 valence electrons. The third-order valence-corrected chi connectivity index (χ3v) is 0.414. The predicted octanol–water partition coefficient (Wildman–Crippen LogP) is 6.47. The van der Waals surface area contributed by atoms with Crippen LogP contribution in [0, 0.1) is 0 Å². The number of alkyl halides is 10. The van der Waals surface area contributed by atoms with Gasteiger partial charge in [-0.2, -0.15) is 0 Å². The van der Waals surface area contributed by atoms with E-state index < -0.39 is 4.84 Å². The molecule has 0 aliphatic rings. The number of aliphatic hydroxyl groups is 1. The summed E-state index contributed by atoms with van der Waals surface area (Å²) in [6, 6.07) is 0. The Morgan fingerprint density at radius 3 is 0.647 bits per heavy atom. The molecule has 17 heavy (non-hydrogen) atoms. The summed E-state index contributed by atoms with van der Waals surface area (Å²) in [7, 11) is 0. The summed E-state index contributed by atoms with van der Waals surface area (Å²) in [6.07, 6.45) is 0. The number of rotatable bonds is 1. The molecule has 0 amide bonds. The second-order valence-electron chi connectivity index (χ2n) is 0.978. The van der Waals surface area contributed by atoms with E-state index in [0.717, 1.165) is 0 Å². The summed E-state index contributed by atoms with van der Waals surface area (Å²) in [5.74, 6) is 0. The van der Waals surface area contributed by atoms with E-state index in [1.54, 1.807) is 0 Å². The fraction of sp³-hybridized carbons (Fsp3) is 1.00. The molecule has 0 aromatic carbocycles. The van der Waals surface area contributed by atoms with Crippen molar-refractivity contribution in [2.75, 3.05) is 28.0 Å². The first-order valence-electron chi connectivity index (χ1n) is 3.30. The summed E-state index contributed by atoms with van der Waals surface area (Å²) in [4.78, 5) is -0.616. The van der Waals surface area contributed by atoms with Crippen molar-refractivity contribution >= 4 is 116 Å². The molecule has 1 N–H and O–H groups in total. The number of hydrogen-bond acceptors (Lipinski definition) is 1. The number of aliphatic hydroxyl groups excluding tert-OH is 1. The SMILES string of the molecule is ClCCl.ClCCl.ClCCl.ClCCl.OCC(Cl)Cl. The summed E-state index contributed by atoms with van der Waals surface area (Å²) < 4.78 is 0. The maximum atomic E-state index is 7.88. The Morgan fingerprint density at radius 2 is 0.647 bits per heavy atom. The van der Waals surface area contributed by atoms with Gasteiger partial charge in [-0.25, -0.2) is 0 Å². The first-order chi connectivity index (χ1) is 7.93. The lowest BCUT2D eigenvalue weighted by molar-refractivity contribution is 0.313. The molecule has 1 nitrogen and oxygen atoms in total. The number of hydrogen-bond donors (Lipinski definition) is 1. The molecular formula is C6H12Cl10O. The summed E-state index contributed by atoms with van der Waals surface area (Å²) in [5.41, 5.74) is 0. The molecule has 0 saturated heterocycles. The normalized spacial score (nSPS) is 7.06. The maximum Gasteiger partial charge on any atom is 0.130 e. The largest absolute Gasteiger partial charge is 0.394 e. The molecule has 0 radical (unpaired) electrons. The quantitative estimate of drug-likeness (QED) is 0.450. The van der Waals surface area contributed by atoms with Gasteiger partial charge in [-0.15, -0.1) is 116 Å². The lowest BCUT2D eigenvalue weighted by Crippen LogP contribution is -1.90. The van der Waals surface area contributed by atoms with E-state index in [1.165, 1.54) is 0 Å². The van der Waals surface area contributed by atoms with E-state index in [1.807, 2.05) is 0 Å². The van der Waals surface area contributed by atoms with Crippen molar-refractivity contribution < 1.29 is 5.11 Å². The summed E-state index contributed by atoms with van der Waals surface area (Å²) >= 11 is 48.1. The van der Waals surface area contributed by atoms with E-state index in [9.17, 15) is 0 Å². The van der Waals surface area contributed by atoms with Crippen LogP contribution in [-0.4, -0.2) is 37.9 Å². The van der Waals surface area contributed by atoms with E-state index in [4.69, 9.17) is 121 Å². The zero-order chi connectivity index (χ0) is 15.1. The molecule has 0 aromatic rings. The lowest BCUT2D eigenvalue weighted by Gasteiger charge is -1.84. The molecule has 0 aliphatic carbocycles. The Labute approximate surface area is 152 Å². The predicted molar refractivity (Wildman–Crippen MR) is 88.9 cm³/mol. The highest BCUT2D eigenvalue weighted by Gasteiger charge is 1.88. The van der Waals surface area contributed by atoms with Gasteiger partial charge in [-0.1, -0.05) is 0 Å². The van der Waals surface area contributed by atoms with Gasteiger partial charge >= 0.3 is 0 Å². The van der Waals surface area contributed by atoms with Crippen LogP contribution in [0.4, 0.5) is 0 Å². The van der Waals surface area contributed by atoms with Crippen LogP contribution in [0.2, 0.25) is 0 Å². The van der Waals surface area contributed by atoms with Crippen molar-refractivity contribution in [1.82, 2.24) is 0 Å². The third kappa shape index (κ3) is 227. The minimum atomic E-state index is -0.616. The fourth-order valence-electron chi connectivity index (χ4n) is 0. The highest BCUT2D eigenvalue weighted by atomic mass is 35.5. The van der Waals surface area contributed by atoms with E-state index in [0.29, 0.717) is 0 Å². The van der Waals surface area contributed by atoms with Gasteiger partial charge in [0, 0.05) is 0 Å². The molecule has 0 unspecified atom stereocenters. The Morgan fingerprint density at radius 1 is 0.588 bits per heavy atom. The zero-order valence-corrected chi connectivity index (χ0v) is 15.9. The van der Waals surface area contributed by atoms with Gasteiger partial charge in [-0.3, -0.25) is 0 Å². The van der Waals surface area contributed by atoms with Crippen LogP contribution in [0.25, 0.3) is 0 Å². The first-order valence-corrected chi connectivity index (χ1v) is 8.45. The van der Waals surface area contributed by atoms with Gasteiger partial charge in [0.1, 0.15) is 4.84 Å². The monoisotopic (exact) mass is 450 g/mol. The van der Waals surface area contributed by atoms with Crippen molar-refractivity contribution in [3.63, 3.8) is 0 Å². The maximum absolute atomic E-state index is 7.88. The van der Waals surface area contributed by atoms with Gasteiger partial charge in [0.05, 0.1) is 28.0 Å². The molecule has 0 saturated carbocycles. The van der Waals surface area contributed by atoms with Crippen LogP contribution in [0.1, 0.15) is 0 Å². The van der Waals surface area contributed by atoms with Gasteiger partial charge in [0.2, 0.25) is 0 Å². The van der Waals surface area contributed by atoms with Crippen LogP contribution in [-0.2, 0) is 0 Å². The molecule has 0 fully saturated rings. The van der Waals surface area contributed by atoms with Crippen LogP contribution >= 0.6 is 116 Å². The van der Waals surface area contributed by atoms with Crippen molar-refractivity contribution in [3.8, 4) is 0 Å². The summed E-state index contributed by atoms with van der Waals surface area (Å²) in [5, 5.41) is 8.66. The van der Waals surface area contributed by atoms with Crippen LogP contribution in [0.3, 0.4) is 0 Å². The second kappa shape index (κ2) is 51.0. The van der Waals surface area contributed by atoms with Crippen LogP contribution in [0.15, 0.2) is 0 Å². The topological polar surface area (TPSA) is 20.2 Å². The van der Waals surface area contributed by atoms with Crippen molar-refractivity contribution in [2.45, 2.75) is 4.84 Å². The molecule has 0 rings (SSSR count). The van der Waals surface area contributed by atoms with Crippen molar-refractivity contribution in [1.29, 1.82) is 0 Å². The Bertz CT molecular complexity index is 58.8. The second-order valence-corrected chi connectivity index (χ2v) is 5.49. The zero-order valence-electron chi connectivity index (χ0n) is 8.34. The van der Waals surface area contributed by atoms with Gasteiger partial charge in [0.25, 0.3) is 0 Å². The molecule has 11 heteroatoms. The Kier molecular flexibility index (Phi) is 96.0. The third-order valence-electron chi connectivity index (χ3n) is 0.138. The molecule has 0 atom stereocenters. The van der Waals surface area contributed by atoms with Gasteiger partial charge < -0.3 is 5.11 Å². The molecule has 0 aromatic heterocycles. The smallest absolute Gasteiger partial charge is 0.130 e. The standard InChI is InChI=1S/C2H4Cl2O.4CH2Cl2/c3-2(4)1-5;4*2-1-3/h2,5H,1H2;4*1H2. The average Bonchev–Trinajstić information content (AvgIpc) is 2.22. The highest BCUT2D eigenvalue weighted by molar-refractivity contribution is 6.44. The molecule has 0 aliphatic heterocycles. The molecule has 0 bridgehead atoms. The van der Waals surface area contributed by atoms with Crippen molar-refractivity contribution in [2.24, 2.45) is 0 Å². The van der Waals surface area contributed by atoms with E-state index >= 15 is 0 Å². The molecule has 0 heterocycles. The van der Waals surface area contributed by atoms with Crippen LogP contribution in [0.5, 0.6) is 0 Å². The Balaban J connectivity index is -0.0000000362. The summed E-state index contributed by atoms with van der Waals surface area (Å²) in [6.45, 7) is -0.164. The lowest BCUT2D eigenvalue weighted by atomic mass is 10.9. The van der Waals surface area contributed by atoms with Gasteiger partial charge in [0.15, 0.2) is 0 Å².